The van der Waals surface area contributed by atoms with E-state index in [2.05, 4.69) is 4.98 Å². The first kappa shape index (κ1) is 22.9. The van der Waals surface area contributed by atoms with Gasteiger partial charge < -0.3 is 14.2 Å². The van der Waals surface area contributed by atoms with Crippen LogP contribution in [-0.2, 0) is 38.2 Å². The quantitative estimate of drug-likeness (QED) is 0.570. The molecule has 2 heterocycles. The molecular formula is C23H30FN3O4S. The number of imidazole rings is 1. The maximum absolute atomic E-state index is 13.3. The van der Waals surface area contributed by atoms with E-state index in [9.17, 15) is 17.6 Å². The molecule has 0 radical (unpaired) electrons. The van der Waals surface area contributed by atoms with Crippen molar-refractivity contribution in [2.24, 2.45) is 5.92 Å². The molecule has 2 aromatic rings. The Balaban J connectivity index is 1.64. The third-order valence-corrected chi connectivity index (χ3v) is 7.62. The minimum atomic E-state index is -3.79. The fraction of sp³-hybridized carbons (Fsp3) is 0.565. The number of carbonyl (C=O) groups is 1. The van der Waals surface area contributed by atoms with Gasteiger partial charge >= 0.3 is 0 Å². The summed E-state index contributed by atoms with van der Waals surface area (Å²) in [5.74, 6) is -0.499. The molecule has 1 aliphatic carbocycles. The number of rotatable bonds is 9. The van der Waals surface area contributed by atoms with Crippen LogP contribution in [0.25, 0.3) is 0 Å². The highest BCUT2D eigenvalue weighted by molar-refractivity contribution is 7.90. The molecule has 1 aromatic carbocycles. The summed E-state index contributed by atoms with van der Waals surface area (Å²) in [5, 5.41) is -0.0325. The van der Waals surface area contributed by atoms with E-state index in [1.165, 1.54) is 24.3 Å². The molecule has 1 aromatic heterocycles. The molecule has 1 saturated heterocycles. The Bertz CT molecular complexity index is 1060. The molecule has 2 aliphatic rings. The highest BCUT2D eigenvalue weighted by Gasteiger charge is 2.35. The molecule has 1 saturated carbocycles. The molecule has 1 atom stereocenters. The first-order valence-corrected chi connectivity index (χ1v) is 12.8. The van der Waals surface area contributed by atoms with Crippen LogP contribution in [-0.4, -0.2) is 47.5 Å². The Kier molecular flexibility index (Phi) is 6.67. The second-order valence-electron chi connectivity index (χ2n) is 9.00. The van der Waals surface area contributed by atoms with Crippen molar-refractivity contribution in [2.75, 3.05) is 6.61 Å². The molecule has 1 amide bonds. The fourth-order valence-corrected chi connectivity index (χ4v) is 5.57. The molecule has 174 valence electrons. The van der Waals surface area contributed by atoms with Crippen molar-refractivity contribution in [2.45, 2.75) is 75.7 Å². The van der Waals surface area contributed by atoms with Gasteiger partial charge in [-0.2, -0.15) is 0 Å². The van der Waals surface area contributed by atoms with Crippen LogP contribution in [0.4, 0.5) is 4.39 Å². The van der Waals surface area contributed by atoms with Gasteiger partial charge in [0.15, 0.2) is 0 Å². The highest BCUT2D eigenvalue weighted by Crippen LogP contribution is 2.32. The molecule has 2 fully saturated rings. The van der Waals surface area contributed by atoms with Crippen LogP contribution in [0.5, 0.6) is 0 Å². The molecule has 4 rings (SSSR count). The van der Waals surface area contributed by atoms with E-state index in [-0.39, 0.29) is 34.9 Å². The zero-order chi connectivity index (χ0) is 22.9. The topological polar surface area (TPSA) is 81.5 Å². The number of amides is 1. The SMILES string of the molecule is CC(C)N(Cc1cnc(S(=O)(=O)Cc2ccc(F)cc2)n1C[C@@H]1CCCO1)C(=O)C1CC1. The Hall–Kier alpha value is -2.26. The van der Waals surface area contributed by atoms with Crippen molar-refractivity contribution in [1.82, 2.24) is 14.5 Å². The van der Waals surface area contributed by atoms with Crippen molar-refractivity contribution >= 4 is 15.7 Å². The zero-order valence-corrected chi connectivity index (χ0v) is 19.4. The van der Waals surface area contributed by atoms with E-state index in [1.54, 1.807) is 15.7 Å². The minimum Gasteiger partial charge on any atom is -0.376 e. The van der Waals surface area contributed by atoms with Gasteiger partial charge in [-0.05, 0) is 57.2 Å². The summed E-state index contributed by atoms with van der Waals surface area (Å²) < 4.78 is 47.2. The summed E-state index contributed by atoms with van der Waals surface area (Å²) in [6.45, 7) is 5.26. The molecule has 1 aliphatic heterocycles. The number of hydrogen-bond donors (Lipinski definition) is 0. The summed E-state index contributed by atoms with van der Waals surface area (Å²) >= 11 is 0. The smallest absolute Gasteiger partial charge is 0.228 e. The van der Waals surface area contributed by atoms with Gasteiger partial charge in [0.25, 0.3) is 0 Å². The monoisotopic (exact) mass is 463 g/mol. The second-order valence-corrected chi connectivity index (χ2v) is 10.9. The maximum Gasteiger partial charge on any atom is 0.228 e. The van der Waals surface area contributed by atoms with Crippen LogP contribution < -0.4 is 0 Å². The lowest BCUT2D eigenvalue weighted by atomic mass is 10.2. The Morgan fingerprint density at radius 1 is 1.25 bits per heavy atom. The predicted molar refractivity (Wildman–Crippen MR) is 117 cm³/mol. The number of carbonyl (C=O) groups excluding carboxylic acids is 1. The lowest BCUT2D eigenvalue weighted by molar-refractivity contribution is -0.135. The molecule has 32 heavy (non-hydrogen) atoms. The molecule has 0 bridgehead atoms. The standard InChI is InChI=1S/C23H30FN3O4S/c1-16(2)26(22(28)18-7-8-18)13-20-12-25-23(27(20)14-21-4-3-11-31-21)32(29,30)15-17-5-9-19(24)10-6-17/h5-6,9-10,12,16,18,21H,3-4,7-8,11,13-15H2,1-2H3/t21-/m0/s1. The fourth-order valence-electron chi connectivity index (χ4n) is 4.07. The van der Waals surface area contributed by atoms with E-state index in [0.29, 0.717) is 31.0 Å². The number of sulfone groups is 1. The average molecular weight is 464 g/mol. The van der Waals surface area contributed by atoms with Gasteiger partial charge in [0.1, 0.15) is 5.82 Å². The predicted octanol–water partition coefficient (Wildman–Crippen LogP) is 3.32. The lowest BCUT2D eigenvalue weighted by Crippen LogP contribution is -2.38. The normalized spacial score (nSPS) is 18.9. The minimum absolute atomic E-state index is 0.00606. The summed E-state index contributed by atoms with van der Waals surface area (Å²) in [6, 6.07) is 5.43. The van der Waals surface area contributed by atoms with Gasteiger partial charge in [0, 0.05) is 18.6 Å². The van der Waals surface area contributed by atoms with Crippen LogP contribution in [0.1, 0.15) is 50.8 Å². The third-order valence-electron chi connectivity index (χ3n) is 6.03. The van der Waals surface area contributed by atoms with Gasteiger partial charge in [-0.25, -0.2) is 17.8 Å². The lowest BCUT2D eigenvalue weighted by Gasteiger charge is -2.28. The van der Waals surface area contributed by atoms with Crippen molar-refractivity contribution in [3.05, 3.63) is 47.5 Å². The third kappa shape index (κ3) is 5.20. The van der Waals surface area contributed by atoms with Gasteiger partial charge in [-0.3, -0.25) is 4.79 Å². The highest BCUT2D eigenvalue weighted by atomic mass is 32.2. The molecule has 0 N–H and O–H groups in total. The van der Waals surface area contributed by atoms with Crippen LogP contribution in [0.2, 0.25) is 0 Å². The van der Waals surface area contributed by atoms with Gasteiger partial charge in [0.2, 0.25) is 20.9 Å². The van der Waals surface area contributed by atoms with E-state index in [0.717, 1.165) is 25.7 Å². The summed E-state index contributed by atoms with van der Waals surface area (Å²) in [5.41, 5.74) is 1.17. The van der Waals surface area contributed by atoms with Crippen LogP contribution in [0, 0.1) is 11.7 Å². The summed E-state index contributed by atoms with van der Waals surface area (Å²) in [6.07, 6.45) is 5.08. The van der Waals surface area contributed by atoms with Crippen molar-refractivity contribution < 1.29 is 22.3 Å². The number of aromatic nitrogens is 2. The van der Waals surface area contributed by atoms with Crippen LogP contribution in [0.3, 0.4) is 0 Å². The van der Waals surface area contributed by atoms with Crippen molar-refractivity contribution in [3.63, 3.8) is 0 Å². The van der Waals surface area contributed by atoms with E-state index < -0.39 is 15.7 Å². The number of hydrogen-bond acceptors (Lipinski definition) is 5. The largest absolute Gasteiger partial charge is 0.376 e. The Labute approximate surface area is 188 Å². The maximum atomic E-state index is 13.3. The van der Waals surface area contributed by atoms with Crippen LogP contribution >= 0.6 is 0 Å². The molecule has 9 heteroatoms. The van der Waals surface area contributed by atoms with E-state index in [1.807, 2.05) is 13.8 Å². The molecule has 0 unspecified atom stereocenters. The van der Waals surface area contributed by atoms with Gasteiger partial charge in [-0.15, -0.1) is 0 Å². The number of halogens is 1. The second kappa shape index (κ2) is 9.31. The zero-order valence-electron chi connectivity index (χ0n) is 18.5. The first-order chi connectivity index (χ1) is 15.2. The van der Waals surface area contributed by atoms with Crippen molar-refractivity contribution in [3.8, 4) is 0 Å². The van der Waals surface area contributed by atoms with Gasteiger partial charge in [-0.1, -0.05) is 12.1 Å². The number of nitrogens with zero attached hydrogens (tertiary/aromatic N) is 3. The molecule has 0 spiro atoms. The Morgan fingerprint density at radius 3 is 2.56 bits per heavy atom. The van der Waals surface area contributed by atoms with E-state index in [4.69, 9.17) is 4.74 Å². The molecular weight excluding hydrogens is 433 g/mol. The average Bonchev–Trinajstić information content (AvgIpc) is 3.32. The van der Waals surface area contributed by atoms with Crippen molar-refractivity contribution in [1.29, 1.82) is 0 Å². The summed E-state index contributed by atoms with van der Waals surface area (Å²) in [7, 11) is -3.79. The molecule has 7 nitrogen and oxygen atoms in total. The van der Waals surface area contributed by atoms with Crippen LogP contribution in [0.15, 0.2) is 35.6 Å². The number of benzene rings is 1. The number of ether oxygens (including phenoxy) is 1. The van der Waals surface area contributed by atoms with E-state index >= 15 is 0 Å². The van der Waals surface area contributed by atoms with Gasteiger partial charge in [0.05, 0.1) is 36.8 Å². The Morgan fingerprint density at radius 2 is 1.97 bits per heavy atom. The first-order valence-electron chi connectivity index (χ1n) is 11.2. The summed E-state index contributed by atoms with van der Waals surface area (Å²) in [4.78, 5) is 18.9.